The Balaban J connectivity index is 2.18. The van der Waals surface area contributed by atoms with Crippen molar-refractivity contribution >= 4 is 5.91 Å². The first-order valence-electron chi connectivity index (χ1n) is 7.32. The van der Waals surface area contributed by atoms with Crippen molar-refractivity contribution in [1.82, 2.24) is 5.32 Å². The highest BCUT2D eigenvalue weighted by Crippen LogP contribution is 2.28. The van der Waals surface area contributed by atoms with Gasteiger partial charge in [0.2, 0.25) is 0 Å². The van der Waals surface area contributed by atoms with Crippen LogP contribution in [0.15, 0.2) is 18.2 Å². The van der Waals surface area contributed by atoms with Crippen molar-refractivity contribution in [2.75, 3.05) is 0 Å². The molecule has 0 aliphatic heterocycles. The third-order valence-electron chi connectivity index (χ3n) is 4.00. The first-order chi connectivity index (χ1) is 10.1. The number of phenols is 2. The van der Waals surface area contributed by atoms with Gasteiger partial charge < -0.3 is 15.5 Å². The monoisotopic (exact) mass is 288 g/mol. The quantitative estimate of drug-likeness (QED) is 0.729. The third-order valence-corrected chi connectivity index (χ3v) is 4.00. The zero-order chi connectivity index (χ0) is 15.3. The van der Waals surface area contributed by atoms with Gasteiger partial charge in [0.1, 0.15) is 17.0 Å². The summed E-state index contributed by atoms with van der Waals surface area (Å²) in [5.41, 5.74) is -0.887. The van der Waals surface area contributed by atoms with Crippen LogP contribution in [0, 0.1) is 11.3 Å². The van der Waals surface area contributed by atoms with Crippen LogP contribution in [-0.4, -0.2) is 21.7 Å². The molecule has 1 fully saturated rings. The molecule has 112 valence electrons. The molecule has 2 rings (SSSR count). The van der Waals surface area contributed by atoms with Gasteiger partial charge in [-0.25, -0.2) is 0 Å². The summed E-state index contributed by atoms with van der Waals surface area (Å²) < 4.78 is 0. The average Bonchev–Trinajstić information content (AvgIpc) is 2.44. The molecule has 1 saturated carbocycles. The second-order valence-electron chi connectivity index (χ2n) is 5.62. The van der Waals surface area contributed by atoms with Crippen molar-refractivity contribution in [3.8, 4) is 17.6 Å². The Morgan fingerprint density at radius 2 is 1.76 bits per heavy atom. The van der Waals surface area contributed by atoms with Gasteiger partial charge in [-0.2, -0.15) is 5.26 Å². The molecule has 1 aliphatic rings. The molecule has 5 heteroatoms. The van der Waals surface area contributed by atoms with Crippen LogP contribution in [0.2, 0.25) is 0 Å². The normalized spacial score (nSPS) is 18.0. The average molecular weight is 288 g/mol. The Bertz CT molecular complexity index is 555. The number of benzene rings is 1. The van der Waals surface area contributed by atoms with E-state index in [4.69, 9.17) is 0 Å². The van der Waals surface area contributed by atoms with Crippen molar-refractivity contribution in [2.24, 2.45) is 0 Å². The highest BCUT2D eigenvalue weighted by molar-refractivity contribution is 5.97. The fourth-order valence-corrected chi connectivity index (χ4v) is 2.76. The van der Waals surface area contributed by atoms with Crippen molar-refractivity contribution in [2.45, 2.75) is 50.5 Å². The van der Waals surface area contributed by atoms with Gasteiger partial charge >= 0.3 is 0 Å². The number of nitrogens with one attached hydrogen (secondary N) is 1. The second kappa shape index (κ2) is 6.49. The molecular formula is C16H20N2O3. The zero-order valence-electron chi connectivity index (χ0n) is 11.9. The summed E-state index contributed by atoms with van der Waals surface area (Å²) in [5.74, 6) is -0.823. The Kier molecular flexibility index (Phi) is 4.69. The SMILES string of the molecule is N#CC1(NC(=O)c2cc(O)ccc2O)CCCCCCC1. The Morgan fingerprint density at radius 1 is 1.14 bits per heavy atom. The van der Waals surface area contributed by atoms with E-state index in [1.165, 1.54) is 24.6 Å². The number of carbonyl (C=O) groups is 1. The van der Waals surface area contributed by atoms with Gasteiger partial charge in [-0.1, -0.05) is 32.1 Å². The summed E-state index contributed by atoms with van der Waals surface area (Å²) in [5, 5.41) is 31.4. The Morgan fingerprint density at radius 3 is 2.38 bits per heavy atom. The van der Waals surface area contributed by atoms with Crippen molar-refractivity contribution in [1.29, 1.82) is 5.26 Å². The summed E-state index contributed by atoms with van der Waals surface area (Å²) in [4.78, 5) is 12.3. The van der Waals surface area contributed by atoms with Crippen LogP contribution in [-0.2, 0) is 0 Å². The lowest BCUT2D eigenvalue weighted by Crippen LogP contribution is -2.47. The zero-order valence-corrected chi connectivity index (χ0v) is 11.9. The molecule has 3 N–H and O–H groups in total. The molecule has 0 unspecified atom stereocenters. The van der Waals surface area contributed by atoms with Crippen LogP contribution in [0.3, 0.4) is 0 Å². The number of phenolic OH excluding ortho intramolecular Hbond substituents is 2. The topological polar surface area (TPSA) is 93.4 Å². The Labute approximate surface area is 124 Å². The number of nitrogens with zero attached hydrogens (tertiary/aromatic N) is 1. The molecule has 1 aromatic carbocycles. The number of aromatic hydroxyl groups is 2. The van der Waals surface area contributed by atoms with Crippen LogP contribution in [0.5, 0.6) is 11.5 Å². The number of amides is 1. The molecule has 1 amide bonds. The lowest BCUT2D eigenvalue weighted by Gasteiger charge is -2.29. The maximum atomic E-state index is 12.3. The van der Waals surface area contributed by atoms with Crippen molar-refractivity contribution in [3.63, 3.8) is 0 Å². The molecule has 5 nitrogen and oxygen atoms in total. The molecule has 0 bridgehead atoms. The van der Waals surface area contributed by atoms with E-state index < -0.39 is 11.4 Å². The van der Waals surface area contributed by atoms with E-state index in [2.05, 4.69) is 11.4 Å². The summed E-state index contributed by atoms with van der Waals surface area (Å²) in [6, 6.07) is 6.02. The van der Waals surface area contributed by atoms with Crippen LogP contribution >= 0.6 is 0 Å². The largest absolute Gasteiger partial charge is 0.508 e. The van der Waals surface area contributed by atoms with Gasteiger partial charge in [0, 0.05) is 0 Å². The molecule has 1 aromatic rings. The first-order valence-corrected chi connectivity index (χ1v) is 7.32. The molecule has 0 radical (unpaired) electrons. The van der Waals surface area contributed by atoms with Gasteiger partial charge in [0.25, 0.3) is 5.91 Å². The van der Waals surface area contributed by atoms with Crippen LogP contribution < -0.4 is 5.32 Å². The second-order valence-corrected chi connectivity index (χ2v) is 5.62. The lowest BCUT2D eigenvalue weighted by atomic mass is 9.85. The molecule has 1 aliphatic carbocycles. The molecule has 0 atom stereocenters. The highest BCUT2D eigenvalue weighted by Gasteiger charge is 2.32. The number of nitriles is 1. The smallest absolute Gasteiger partial charge is 0.256 e. The van der Waals surface area contributed by atoms with E-state index in [-0.39, 0.29) is 17.1 Å². The van der Waals surface area contributed by atoms with E-state index in [0.29, 0.717) is 12.8 Å². The summed E-state index contributed by atoms with van der Waals surface area (Å²) in [6.07, 6.45) is 6.35. The highest BCUT2D eigenvalue weighted by atomic mass is 16.3. The van der Waals surface area contributed by atoms with Gasteiger partial charge in [0.15, 0.2) is 0 Å². The van der Waals surface area contributed by atoms with Crippen molar-refractivity contribution < 1.29 is 15.0 Å². The van der Waals surface area contributed by atoms with Gasteiger partial charge in [0.05, 0.1) is 11.6 Å². The van der Waals surface area contributed by atoms with Crippen LogP contribution in [0.25, 0.3) is 0 Å². The minimum atomic E-state index is -0.880. The minimum absolute atomic E-state index is 0.00770. The lowest BCUT2D eigenvalue weighted by molar-refractivity contribution is 0.0904. The molecular weight excluding hydrogens is 268 g/mol. The van der Waals surface area contributed by atoms with E-state index in [1.807, 2.05) is 0 Å². The third kappa shape index (κ3) is 3.66. The van der Waals surface area contributed by atoms with Gasteiger partial charge in [-0.3, -0.25) is 4.79 Å². The predicted octanol–water partition coefficient (Wildman–Crippen LogP) is 2.83. The molecule has 0 aromatic heterocycles. The van der Waals surface area contributed by atoms with Crippen molar-refractivity contribution in [3.05, 3.63) is 23.8 Å². The Hall–Kier alpha value is -2.22. The predicted molar refractivity (Wildman–Crippen MR) is 77.9 cm³/mol. The maximum absolute atomic E-state index is 12.3. The van der Waals surface area contributed by atoms with Crippen LogP contribution in [0.4, 0.5) is 0 Å². The fraction of sp³-hybridized carbons (Fsp3) is 0.500. The number of hydrogen-bond acceptors (Lipinski definition) is 4. The number of carbonyl (C=O) groups excluding carboxylic acids is 1. The summed E-state index contributed by atoms with van der Waals surface area (Å²) in [7, 11) is 0. The summed E-state index contributed by atoms with van der Waals surface area (Å²) in [6.45, 7) is 0. The van der Waals surface area contributed by atoms with Gasteiger partial charge in [-0.05, 0) is 31.0 Å². The van der Waals surface area contributed by atoms with E-state index in [9.17, 15) is 20.3 Å². The van der Waals surface area contributed by atoms with E-state index in [0.717, 1.165) is 25.7 Å². The minimum Gasteiger partial charge on any atom is -0.508 e. The first kappa shape index (κ1) is 15.2. The maximum Gasteiger partial charge on any atom is 0.256 e. The van der Waals surface area contributed by atoms with Crippen LogP contribution in [0.1, 0.15) is 55.3 Å². The standard InChI is InChI=1S/C16H20N2O3/c17-11-16(8-4-2-1-3-5-9-16)18-15(21)13-10-12(19)6-7-14(13)20/h6-7,10,19-20H,1-5,8-9H2,(H,18,21). The summed E-state index contributed by atoms with van der Waals surface area (Å²) >= 11 is 0. The van der Waals surface area contributed by atoms with Gasteiger partial charge in [-0.15, -0.1) is 0 Å². The fourth-order valence-electron chi connectivity index (χ4n) is 2.76. The van der Waals surface area contributed by atoms with E-state index >= 15 is 0 Å². The number of hydrogen-bond donors (Lipinski definition) is 3. The van der Waals surface area contributed by atoms with E-state index in [1.54, 1.807) is 0 Å². The molecule has 21 heavy (non-hydrogen) atoms. The molecule has 0 saturated heterocycles. The number of rotatable bonds is 2. The molecule has 0 heterocycles. The molecule has 0 spiro atoms.